The first-order valence-corrected chi connectivity index (χ1v) is 4.10. The van der Waals surface area contributed by atoms with Crippen molar-refractivity contribution in [3.05, 3.63) is 0 Å². The number of hydrogen-bond acceptors (Lipinski definition) is 4. The van der Waals surface area contributed by atoms with Crippen LogP contribution in [0.2, 0.25) is 0 Å². The van der Waals surface area contributed by atoms with Crippen LogP contribution in [0, 0.1) is 0 Å². The third-order valence-corrected chi connectivity index (χ3v) is 1.45. The van der Waals surface area contributed by atoms with Crippen LogP contribution in [-0.2, 0) is 9.53 Å². The number of hydrogen-bond donors (Lipinski definition) is 1. The molecule has 0 aliphatic heterocycles. The van der Waals surface area contributed by atoms with Crippen LogP contribution in [0.1, 0.15) is 0 Å². The van der Waals surface area contributed by atoms with Gasteiger partial charge in [0.25, 0.3) is 0 Å². The van der Waals surface area contributed by atoms with Crippen LogP contribution in [0.4, 0.5) is 0 Å². The maximum absolute atomic E-state index is 10.0. The van der Waals surface area contributed by atoms with E-state index in [1.807, 2.05) is 21.1 Å². The van der Waals surface area contributed by atoms with Gasteiger partial charge in [-0.05, 0) is 0 Å². The Morgan fingerprint density at radius 1 is 1.54 bits per heavy atom. The van der Waals surface area contributed by atoms with Gasteiger partial charge in [0.2, 0.25) is 0 Å². The third-order valence-electron chi connectivity index (χ3n) is 1.45. The van der Waals surface area contributed by atoms with E-state index < -0.39 is 12.1 Å². The number of nitrogens with zero attached hydrogens (tertiary/aromatic N) is 1. The predicted molar refractivity (Wildman–Crippen MR) is 44.7 cm³/mol. The zero-order chi connectivity index (χ0) is 10.5. The van der Waals surface area contributed by atoms with Gasteiger partial charge < -0.3 is 24.2 Å². The monoisotopic (exact) mass is 191 g/mol. The van der Waals surface area contributed by atoms with E-state index in [2.05, 4.69) is 0 Å². The van der Waals surface area contributed by atoms with E-state index in [4.69, 9.17) is 9.84 Å². The summed E-state index contributed by atoms with van der Waals surface area (Å²) in [5.74, 6) is -1.50. The molecule has 0 saturated heterocycles. The van der Waals surface area contributed by atoms with Crippen molar-refractivity contribution in [1.82, 2.24) is 0 Å². The quantitative estimate of drug-likeness (QED) is 0.383. The second kappa shape index (κ2) is 5.16. The van der Waals surface area contributed by atoms with Crippen LogP contribution in [0.25, 0.3) is 0 Å². The first-order chi connectivity index (χ1) is 5.83. The summed E-state index contributed by atoms with van der Waals surface area (Å²) in [6.07, 6.45) is -1.52. The minimum atomic E-state index is -1.52. The van der Waals surface area contributed by atoms with Crippen molar-refractivity contribution < 1.29 is 24.2 Å². The Bertz CT molecular complexity index is 164. The number of quaternary nitrogens is 1. The first kappa shape index (κ1) is 12.3. The summed E-state index contributed by atoms with van der Waals surface area (Å²) in [4.78, 5) is 10.0. The fraction of sp³-hybridized carbons (Fsp3) is 0.875. The lowest BCUT2D eigenvalue weighted by atomic mass is 10.4. The maximum Gasteiger partial charge on any atom is 0.117 e. The van der Waals surface area contributed by atoms with Crippen LogP contribution in [-0.4, -0.2) is 62.6 Å². The van der Waals surface area contributed by atoms with Crippen LogP contribution < -0.4 is 5.11 Å². The molecule has 0 amide bonds. The van der Waals surface area contributed by atoms with Crippen LogP contribution >= 0.6 is 0 Å². The Hall–Kier alpha value is -0.650. The highest BCUT2D eigenvalue weighted by Gasteiger charge is 2.08. The van der Waals surface area contributed by atoms with E-state index in [1.165, 1.54) is 0 Å². The fourth-order valence-corrected chi connectivity index (χ4v) is 0.601. The van der Waals surface area contributed by atoms with Crippen molar-refractivity contribution in [2.75, 3.05) is 40.9 Å². The molecule has 0 saturated carbocycles. The minimum Gasteiger partial charge on any atom is -0.547 e. The second-order valence-corrected chi connectivity index (χ2v) is 3.92. The van der Waals surface area contributed by atoms with Gasteiger partial charge in [0, 0.05) is 0 Å². The highest BCUT2D eigenvalue weighted by molar-refractivity contribution is 5.69. The molecule has 0 bridgehead atoms. The average Bonchev–Trinajstić information content (AvgIpc) is 1.95. The lowest BCUT2D eigenvalue weighted by Crippen LogP contribution is -2.41. The predicted octanol–water partition coefficient (Wildman–Crippen LogP) is -2.18. The summed E-state index contributed by atoms with van der Waals surface area (Å²) in [6.45, 7) is 0.982. The van der Waals surface area contributed by atoms with E-state index in [0.717, 1.165) is 11.0 Å². The molecule has 0 aliphatic carbocycles. The molecule has 0 spiro atoms. The van der Waals surface area contributed by atoms with Crippen LogP contribution in [0.3, 0.4) is 0 Å². The number of aliphatic hydroxyl groups excluding tert-OH is 1. The van der Waals surface area contributed by atoms with Gasteiger partial charge in [-0.2, -0.15) is 0 Å². The number of rotatable bonds is 6. The molecule has 0 aromatic rings. The molecule has 5 nitrogen and oxygen atoms in total. The molecule has 0 rings (SSSR count). The second-order valence-electron chi connectivity index (χ2n) is 3.92. The summed E-state index contributed by atoms with van der Waals surface area (Å²) in [6, 6.07) is 0. The van der Waals surface area contributed by atoms with Gasteiger partial charge in [-0.3, -0.25) is 0 Å². The average molecular weight is 191 g/mol. The summed E-state index contributed by atoms with van der Waals surface area (Å²) >= 11 is 0. The highest BCUT2D eigenvalue weighted by atomic mass is 16.5. The smallest absolute Gasteiger partial charge is 0.117 e. The molecule has 78 valence electrons. The summed E-state index contributed by atoms with van der Waals surface area (Å²) in [5, 5.41) is 18.8. The Labute approximate surface area is 78.1 Å². The topological polar surface area (TPSA) is 69.6 Å². The van der Waals surface area contributed by atoms with Crippen molar-refractivity contribution in [3.63, 3.8) is 0 Å². The van der Waals surface area contributed by atoms with Crippen molar-refractivity contribution >= 4 is 5.97 Å². The summed E-state index contributed by atoms with van der Waals surface area (Å²) < 4.78 is 5.68. The molecule has 0 aliphatic rings. The Morgan fingerprint density at radius 3 is 2.46 bits per heavy atom. The van der Waals surface area contributed by atoms with Gasteiger partial charge >= 0.3 is 0 Å². The number of likely N-dealkylation sites (N-methyl/N-ethyl adjacent to an activating group) is 1. The van der Waals surface area contributed by atoms with Gasteiger partial charge in [0.1, 0.15) is 12.6 Å². The van der Waals surface area contributed by atoms with Crippen LogP contribution in [0.5, 0.6) is 0 Å². The van der Waals surface area contributed by atoms with Gasteiger partial charge in [0.05, 0.1) is 40.3 Å². The molecule has 0 heterocycles. The highest BCUT2D eigenvalue weighted by Crippen LogP contribution is 1.90. The zero-order valence-electron chi connectivity index (χ0n) is 8.32. The number of carbonyl (C=O) groups excluding carboxylic acids is 1. The van der Waals surface area contributed by atoms with Gasteiger partial charge in [-0.25, -0.2) is 0 Å². The standard InChI is InChI=1S/C8H17NO4/c1-9(2,3)4-5-13-6-7(10)8(11)12/h7,10H,4-6H2,1-3H3/t7-/m0/s1. The molecule has 1 N–H and O–H groups in total. The molecule has 13 heavy (non-hydrogen) atoms. The maximum atomic E-state index is 10.0. The molecule has 5 heteroatoms. The number of carboxylic acids is 1. The summed E-state index contributed by atoms with van der Waals surface area (Å²) in [5.41, 5.74) is 0. The van der Waals surface area contributed by atoms with Crippen molar-refractivity contribution in [3.8, 4) is 0 Å². The lowest BCUT2D eigenvalue weighted by molar-refractivity contribution is -0.870. The Balaban J connectivity index is 3.41. The van der Waals surface area contributed by atoms with Crippen LogP contribution in [0.15, 0.2) is 0 Å². The third kappa shape index (κ3) is 7.70. The molecule has 0 aromatic carbocycles. The molecular weight excluding hydrogens is 174 g/mol. The normalized spacial score (nSPS) is 14.2. The molecular formula is C8H17NO4. The number of carboxylic acid groups (broad SMARTS) is 1. The summed E-state index contributed by atoms with van der Waals surface area (Å²) in [7, 11) is 6.00. The molecule has 1 atom stereocenters. The number of carbonyl (C=O) groups is 1. The SMILES string of the molecule is C[N+](C)(C)CCOC[C@H](O)C(=O)[O-]. The Morgan fingerprint density at radius 2 is 2.08 bits per heavy atom. The molecule has 0 radical (unpaired) electrons. The van der Waals surface area contributed by atoms with Gasteiger partial charge in [-0.15, -0.1) is 0 Å². The van der Waals surface area contributed by atoms with E-state index in [1.54, 1.807) is 0 Å². The first-order valence-electron chi connectivity index (χ1n) is 4.10. The van der Waals surface area contributed by atoms with E-state index in [9.17, 15) is 9.90 Å². The molecule has 0 fully saturated rings. The minimum absolute atomic E-state index is 0.206. The van der Waals surface area contributed by atoms with E-state index in [0.29, 0.717) is 6.61 Å². The van der Waals surface area contributed by atoms with Crippen molar-refractivity contribution in [2.24, 2.45) is 0 Å². The van der Waals surface area contributed by atoms with Gasteiger partial charge in [0.15, 0.2) is 0 Å². The van der Waals surface area contributed by atoms with Crippen molar-refractivity contribution in [1.29, 1.82) is 0 Å². The van der Waals surface area contributed by atoms with Crippen molar-refractivity contribution in [2.45, 2.75) is 6.10 Å². The Kier molecular flexibility index (Phi) is 4.90. The van der Waals surface area contributed by atoms with E-state index >= 15 is 0 Å². The van der Waals surface area contributed by atoms with Gasteiger partial charge in [-0.1, -0.05) is 0 Å². The molecule has 0 unspecified atom stereocenters. The van der Waals surface area contributed by atoms with E-state index in [-0.39, 0.29) is 6.61 Å². The molecule has 0 aromatic heterocycles. The number of ether oxygens (including phenoxy) is 1. The fourth-order valence-electron chi connectivity index (χ4n) is 0.601. The zero-order valence-corrected chi connectivity index (χ0v) is 8.32. The number of aliphatic carboxylic acids is 1. The largest absolute Gasteiger partial charge is 0.547 e. The lowest BCUT2D eigenvalue weighted by Gasteiger charge is -2.23. The number of aliphatic hydroxyl groups is 1.